The average molecular weight is 1110 g/mol. The van der Waals surface area contributed by atoms with Crippen molar-refractivity contribution < 1.29 is 8.83 Å². The Morgan fingerprint density at radius 3 is 1.19 bits per heavy atom. The zero-order valence-corrected chi connectivity index (χ0v) is 51.0. The third kappa shape index (κ3) is 7.95. The average Bonchev–Trinajstić information content (AvgIpc) is 1.50. The van der Waals surface area contributed by atoms with E-state index >= 15 is 0 Å². The SMILES string of the molecule is CC(C)(C)c1ccc(N(c2ccc(C(C)(C)C)cc2)c2cc3c(c4oc5ccccc5c24)-c2c(cc(N(c4ccc(C(C)(C)C)cc4)c4ccc(C(C)(C)C)cc4)c4c2oc2ccccc24)C32c3ccccc3-c3c2ccc2c3NCC=C2)cc1. The predicted octanol–water partition coefficient (Wildman–Crippen LogP) is 22.4. The minimum Gasteiger partial charge on any atom is -0.455 e. The van der Waals surface area contributed by atoms with Crippen molar-refractivity contribution in [3.63, 3.8) is 0 Å². The molecule has 85 heavy (non-hydrogen) atoms. The first-order valence-electron chi connectivity index (χ1n) is 30.4. The van der Waals surface area contributed by atoms with Gasteiger partial charge < -0.3 is 24.0 Å². The van der Waals surface area contributed by atoms with Crippen LogP contribution in [-0.4, -0.2) is 6.54 Å². The van der Waals surface area contributed by atoms with Crippen molar-refractivity contribution in [1.29, 1.82) is 0 Å². The molecule has 1 aliphatic heterocycles. The molecule has 3 aliphatic rings. The highest BCUT2D eigenvalue weighted by molar-refractivity contribution is 6.25. The first-order chi connectivity index (χ1) is 40.7. The van der Waals surface area contributed by atoms with E-state index in [0.29, 0.717) is 0 Å². The van der Waals surface area contributed by atoms with E-state index in [9.17, 15) is 0 Å². The molecule has 5 nitrogen and oxygen atoms in total. The summed E-state index contributed by atoms with van der Waals surface area (Å²) in [4.78, 5) is 4.99. The Morgan fingerprint density at radius 1 is 0.388 bits per heavy atom. The van der Waals surface area contributed by atoms with Crippen molar-refractivity contribution in [2.24, 2.45) is 0 Å². The van der Waals surface area contributed by atoms with Gasteiger partial charge in [0.05, 0.1) is 27.6 Å². The number of hydrogen-bond acceptors (Lipinski definition) is 5. The van der Waals surface area contributed by atoms with Crippen LogP contribution in [0.2, 0.25) is 0 Å². The van der Waals surface area contributed by atoms with E-state index in [1.165, 1.54) is 50.1 Å². The first kappa shape index (κ1) is 52.7. The van der Waals surface area contributed by atoms with Crippen molar-refractivity contribution in [1.82, 2.24) is 0 Å². The van der Waals surface area contributed by atoms with Gasteiger partial charge in [-0.05, 0) is 150 Å². The molecule has 0 fully saturated rings. The van der Waals surface area contributed by atoms with Gasteiger partial charge in [0.2, 0.25) is 0 Å². The van der Waals surface area contributed by atoms with Crippen LogP contribution in [0.25, 0.3) is 72.2 Å². The molecule has 5 heteroatoms. The molecule has 0 saturated carbocycles. The molecule has 420 valence electrons. The normalized spacial score (nSPS) is 14.2. The molecule has 0 bridgehead atoms. The predicted molar refractivity (Wildman–Crippen MR) is 359 cm³/mol. The molecule has 0 atom stereocenters. The van der Waals surface area contributed by atoms with E-state index in [2.05, 4.69) is 304 Å². The second-order valence-electron chi connectivity index (χ2n) is 28.1. The Labute approximate surface area is 500 Å². The van der Waals surface area contributed by atoms with Crippen LogP contribution in [0.1, 0.15) is 133 Å². The molecular formula is C80H73N3O2. The third-order valence-electron chi connectivity index (χ3n) is 18.7. The number of para-hydroxylation sites is 2. The summed E-state index contributed by atoms with van der Waals surface area (Å²) >= 11 is 0. The Balaban J connectivity index is 1.13. The molecule has 10 aromatic carbocycles. The van der Waals surface area contributed by atoms with Gasteiger partial charge in [-0.25, -0.2) is 0 Å². The van der Waals surface area contributed by atoms with E-state index in [0.717, 1.165) is 112 Å². The minimum atomic E-state index is -0.881. The van der Waals surface area contributed by atoms with Gasteiger partial charge in [0.1, 0.15) is 22.3 Å². The summed E-state index contributed by atoms with van der Waals surface area (Å²) < 4.78 is 15.3. The van der Waals surface area contributed by atoms with Crippen molar-refractivity contribution in [3.05, 3.63) is 250 Å². The highest BCUT2D eigenvalue weighted by Crippen LogP contribution is 2.69. The zero-order valence-electron chi connectivity index (χ0n) is 51.0. The van der Waals surface area contributed by atoms with Gasteiger partial charge in [-0.1, -0.05) is 217 Å². The van der Waals surface area contributed by atoms with Crippen LogP contribution in [0.3, 0.4) is 0 Å². The van der Waals surface area contributed by atoms with Crippen molar-refractivity contribution in [3.8, 4) is 22.3 Å². The third-order valence-corrected chi connectivity index (χ3v) is 18.7. The molecule has 3 heterocycles. The van der Waals surface area contributed by atoms with Gasteiger partial charge in [-0.3, -0.25) is 0 Å². The first-order valence-corrected chi connectivity index (χ1v) is 30.4. The smallest absolute Gasteiger partial charge is 0.145 e. The molecule has 1 N–H and O–H groups in total. The van der Waals surface area contributed by atoms with E-state index in [1.807, 2.05) is 0 Å². The van der Waals surface area contributed by atoms with E-state index < -0.39 is 5.41 Å². The second kappa shape index (κ2) is 18.5. The number of benzene rings is 10. The fourth-order valence-corrected chi connectivity index (χ4v) is 14.3. The summed E-state index contributed by atoms with van der Waals surface area (Å²) in [6.07, 6.45) is 4.51. The maximum absolute atomic E-state index is 7.63. The maximum atomic E-state index is 7.63. The lowest BCUT2D eigenvalue weighted by molar-refractivity contribution is 0.590. The molecule has 15 rings (SSSR count). The van der Waals surface area contributed by atoms with Crippen LogP contribution in [0.15, 0.2) is 209 Å². The Morgan fingerprint density at radius 2 is 0.776 bits per heavy atom. The van der Waals surface area contributed by atoms with Crippen LogP contribution in [0.5, 0.6) is 0 Å². The summed E-state index contributed by atoms with van der Waals surface area (Å²) in [5, 5.41) is 8.13. The number of fused-ring (bicyclic) bond motifs is 20. The molecular weight excluding hydrogens is 1030 g/mol. The standard InChI is InChI=1S/C80H73N3O2/c1-76(2,3)49-28-36-53(37-29-49)82(54-38-30-50(31-39-54)77(4,5)6)64-46-62-71(74-69(64)58-22-14-17-25-66(58)84-74)72-63(80(62)60-24-16-13-21-57(60)68-61(80)44-27-48-20-19-45-81-73(48)68)47-65(70-59-23-15-18-26-67(59)85-75(70)72)83(55-40-32-51(33-41-55)78(7,8)9)56-42-34-52(35-43-56)79(10,11)12/h13-44,46-47,81H,45H2,1-12H3. The molecule has 0 amide bonds. The maximum Gasteiger partial charge on any atom is 0.145 e. The Kier molecular flexibility index (Phi) is 11.5. The van der Waals surface area contributed by atoms with E-state index in [-0.39, 0.29) is 21.7 Å². The quantitative estimate of drug-likeness (QED) is 0.180. The van der Waals surface area contributed by atoms with Crippen molar-refractivity contribution in [2.75, 3.05) is 21.7 Å². The van der Waals surface area contributed by atoms with Crippen LogP contribution >= 0.6 is 0 Å². The number of hydrogen-bond donors (Lipinski definition) is 1. The lowest BCUT2D eigenvalue weighted by Crippen LogP contribution is -2.27. The fraction of sp³-hybridized carbons (Fsp3) is 0.225. The molecule has 2 aromatic heterocycles. The summed E-state index contributed by atoms with van der Waals surface area (Å²) in [5.41, 5.74) is 25.4. The van der Waals surface area contributed by atoms with Crippen LogP contribution in [0.4, 0.5) is 39.8 Å². The van der Waals surface area contributed by atoms with Gasteiger partial charge in [0.15, 0.2) is 0 Å². The summed E-state index contributed by atoms with van der Waals surface area (Å²) in [6, 6.07) is 73.4. The number of anilines is 7. The highest BCUT2D eigenvalue weighted by atomic mass is 16.3. The van der Waals surface area contributed by atoms with Crippen LogP contribution < -0.4 is 15.1 Å². The zero-order chi connectivity index (χ0) is 58.7. The molecule has 0 saturated heterocycles. The monoisotopic (exact) mass is 1110 g/mol. The summed E-state index contributed by atoms with van der Waals surface area (Å²) in [5.74, 6) is 0. The van der Waals surface area contributed by atoms with E-state index in [4.69, 9.17) is 8.83 Å². The number of nitrogens with zero attached hydrogens (tertiary/aromatic N) is 2. The second-order valence-corrected chi connectivity index (χ2v) is 28.1. The van der Waals surface area contributed by atoms with Crippen LogP contribution in [-0.2, 0) is 27.1 Å². The number of rotatable bonds is 6. The lowest BCUT2D eigenvalue weighted by atomic mass is 9.70. The number of furan rings is 2. The minimum absolute atomic E-state index is 0.0350. The van der Waals surface area contributed by atoms with Gasteiger partial charge in [-0.2, -0.15) is 0 Å². The summed E-state index contributed by atoms with van der Waals surface area (Å²) in [7, 11) is 0. The lowest BCUT2D eigenvalue weighted by Gasteiger charge is -2.34. The molecule has 12 aromatic rings. The topological polar surface area (TPSA) is 44.8 Å². The largest absolute Gasteiger partial charge is 0.455 e. The number of nitrogens with one attached hydrogen (secondary N) is 1. The molecule has 1 spiro atoms. The van der Waals surface area contributed by atoms with Crippen molar-refractivity contribution >= 4 is 89.8 Å². The van der Waals surface area contributed by atoms with Crippen LogP contribution in [0, 0.1) is 0 Å². The molecule has 0 unspecified atom stereocenters. The van der Waals surface area contributed by atoms with E-state index in [1.54, 1.807) is 0 Å². The fourth-order valence-electron chi connectivity index (χ4n) is 14.3. The Hall–Kier alpha value is -9.06. The molecule has 0 radical (unpaired) electrons. The van der Waals surface area contributed by atoms with Gasteiger partial charge in [-0.15, -0.1) is 0 Å². The Bertz CT molecular complexity index is 4360. The summed E-state index contributed by atoms with van der Waals surface area (Å²) in [6.45, 7) is 28.2. The molecule has 2 aliphatic carbocycles. The van der Waals surface area contributed by atoms with Crippen molar-refractivity contribution in [2.45, 2.75) is 110 Å². The van der Waals surface area contributed by atoms with Gasteiger partial charge in [0.25, 0.3) is 0 Å². The van der Waals surface area contributed by atoms with Gasteiger partial charge >= 0.3 is 0 Å². The highest BCUT2D eigenvalue weighted by Gasteiger charge is 2.55. The van der Waals surface area contributed by atoms with Gasteiger partial charge in [0, 0.05) is 62.4 Å².